The molecule has 2 heterocycles. The van der Waals surface area contributed by atoms with Gasteiger partial charge in [0.05, 0.1) is 12.1 Å². The highest BCUT2D eigenvalue weighted by atomic mass is 35.5. The molecule has 2 aliphatic rings. The fourth-order valence-corrected chi connectivity index (χ4v) is 3.68. The molecule has 8 heteroatoms. The quantitative estimate of drug-likeness (QED) is 0.719. The van der Waals surface area contributed by atoms with Gasteiger partial charge in [-0.3, -0.25) is 9.69 Å². The Balaban J connectivity index is 1.25. The van der Waals surface area contributed by atoms with Crippen LogP contribution in [-0.2, 0) is 0 Å². The Morgan fingerprint density at radius 3 is 2.52 bits per heavy atom. The van der Waals surface area contributed by atoms with Gasteiger partial charge >= 0.3 is 0 Å². The summed E-state index contributed by atoms with van der Waals surface area (Å²) in [5, 5.41) is 0.401. The predicted molar refractivity (Wildman–Crippen MR) is 108 cm³/mol. The van der Waals surface area contributed by atoms with Crippen LogP contribution in [0.15, 0.2) is 36.4 Å². The van der Waals surface area contributed by atoms with E-state index in [1.54, 1.807) is 19.2 Å². The number of carbonyl (C=O) groups excluding carboxylic acids is 1. The van der Waals surface area contributed by atoms with E-state index in [0.717, 1.165) is 31.1 Å². The molecule has 0 spiro atoms. The average molecular weight is 419 g/mol. The Hall–Kier alpha value is -2.64. The van der Waals surface area contributed by atoms with E-state index >= 15 is 0 Å². The van der Waals surface area contributed by atoms with Crippen molar-refractivity contribution in [3.8, 4) is 23.0 Å². The number of carbonyl (C=O) groups is 1. The Kier molecular flexibility index (Phi) is 5.97. The van der Waals surface area contributed by atoms with Crippen LogP contribution in [0.25, 0.3) is 0 Å². The van der Waals surface area contributed by atoms with Gasteiger partial charge in [0.15, 0.2) is 11.5 Å². The van der Waals surface area contributed by atoms with Crippen LogP contribution in [0.4, 0.5) is 0 Å². The maximum absolute atomic E-state index is 12.8. The third-order valence-electron chi connectivity index (χ3n) is 5.07. The van der Waals surface area contributed by atoms with Crippen LogP contribution in [0.3, 0.4) is 0 Å². The number of benzene rings is 2. The average Bonchev–Trinajstić information content (AvgIpc) is 3.24. The molecule has 0 N–H and O–H groups in total. The van der Waals surface area contributed by atoms with Gasteiger partial charge in [0, 0.05) is 38.3 Å². The van der Waals surface area contributed by atoms with E-state index in [0.29, 0.717) is 41.8 Å². The largest absolute Gasteiger partial charge is 0.497 e. The Morgan fingerprint density at radius 1 is 1.07 bits per heavy atom. The first-order valence-corrected chi connectivity index (χ1v) is 9.89. The summed E-state index contributed by atoms with van der Waals surface area (Å²) in [6.07, 6.45) is 0. The van der Waals surface area contributed by atoms with E-state index in [-0.39, 0.29) is 12.7 Å². The van der Waals surface area contributed by atoms with E-state index in [1.807, 2.05) is 29.2 Å². The van der Waals surface area contributed by atoms with E-state index < -0.39 is 0 Å². The minimum absolute atomic E-state index is 0.0423. The van der Waals surface area contributed by atoms with Crippen molar-refractivity contribution in [2.24, 2.45) is 0 Å². The molecule has 2 aromatic carbocycles. The lowest BCUT2D eigenvalue weighted by Gasteiger charge is -2.34. The highest BCUT2D eigenvalue weighted by Gasteiger charge is 2.25. The molecular weight excluding hydrogens is 396 g/mol. The molecule has 0 radical (unpaired) electrons. The molecule has 1 fully saturated rings. The Bertz CT molecular complexity index is 866. The van der Waals surface area contributed by atoms with Gasteiger partial charge in [-0.1, -0.05) is 11.6 Å². The normalized spacial score (nSPS) is 16.0. The minimum Gasteiger partial charge on any atom is -0.497 e. The van der Waals surface area contributed by atoms with Gasteiger partial charge in [0.25, 0.3) is 5.91 Å². The van der Waals surface area contributed by atoms with Crippen LogP contribution in [0, 0.1) is 0 Å². The van der Waals surface area contributed by atoms with Crippen LogP contribution >= 0.6 is 11.6 Å². The molecule has 2 aliphatic heterocycles. The van der Waals surface area contributed by atoms with E-state index in [1.165, 1.54) is 0 Å². The third-order valence-corrected chi connectivity index (χ3v) is 5.35. The first kappa shape index (κ1) is 19.7. The van der Waals surface area contributed by atoms with Gasteiger partial charge in [-0.25, -0.2) is 0 Å². The molecule has 0 aromatic heterocycles. The minimum atomic E-state index is -0.0423. The summed E-state index contributed by atoms with van der Waals surface area (Å²) in [6.45, 7) is 4.46. The highest BCUT2D eigenvalue weighted by Crippen LogP contribution is 2.40. The summed E-state index contributed by atoms with van der Waals surface area (Å²) in [5.74, 6) is 2.61. The number of ether oxygens (including phenoxy) is 4. The van der Waals surface area contributed by atoms with E-state index in [2.05, 4.69) is 4.90 Å². The van der Waals surface area contributed by atoms with Gasteiger partial charge in [-0.15, -0.1) is 0 Å². The summed E-state index contributed by atoms with van der Waals surface area (Å²) in [6, 6.07) is 10.9. The van der Waals surface area contributed by atoms with Crippen LogP contribution in [0.2, 0.25) is 5.02 Å². The van der Waals surface area contributed by atoms with Crippen molar-refractivity contribution in [2.75, 3.05) is 53.2 Å². The maximum Gasteiger partial charge on any atom is 0.254 e. The highest BCUT2D eigenvalue weighted by molar-refractivity contribution is 6.32. The number of rotatable bonds is 6. The van der Waals surface area contributed by atoms with Crippen molar-refractivity contribution >= 4 is 17.5 Å². The van der Waals surface area contributed by atoms with Crippen molar-refractivity contribution in [1.29, 1.82) is 0 Å². The van der Waals surface area contributed by atoms with Gasteiger partial charge in [-0.2, -0.15) is 0 Å². The molecule has 4 rings (SSSR count). The van der Waals surface area contributed by atoms with Crippen molar-refractivity contribution in [3.05, 3.63) is 47.0 Å². The zero-order valence-electron chi connectivity index (χ0n) is 16.2. The standard InChI is InChI=1S/C21H23ClN2O5/c1-26-16-2-4-17(5-3-16)27-11-10-23-6-8-24(9-7-23)21(25)15-12-18(22)20-19(13-15)28-14-29-20/h2-5,12-13H,6-11,14H2,1H3. The molecule has 2 aromatic rings. The van der Waals surface area contributed by atoms with Crippen LogP contribution in [0.1, 0.15) is 10.4 Å². The summed E-state index contributed by atoms with van der Waals surface area (Å²) < 4.78 is 21.6. The van der Waals surface area contributed by atoms with Gasteiger partial charge in [0.1, 0.15) is 18.1 Å². The summed E-state index contributed by atoms with van der Waals surface area (Å²) in [7, 11) is 1.64. The van der Waals surface area contributed by atoms with Gasteiger partial charge < -0.3 is 23.8 Å². The molecule has 7 nitrogen and oxygen atoms in total. The molecule has 0 atom stereocenters. The van der Waals surface area contributed by atoms with Crippen LogP contribution < -0.4 is 18.9 Å². The SMILES string of the molecule is COc1ccc(OCCN2CCN(C(=O)c3cc(Cl)c4c(c3)OCO4)CC2)cc1. The number of amides is 1. The fraction of sp³-hybridized carbons (Fsp3) is 0.381. The van der Waals surface area contributed by atoms with Crippen molar-refractivity contribution < 1.29 is 23.7 Å². The summed E-state index contributed by atoms with van der Waals surface area (Å²) in [5.41, 5.74) is 0.524. The molecular formula is C21H23ClN2O5. The van der Waals surface area contributed by atoms with Crippen molar-refractivity contribution in [2.45, 2.75) is 0 Å². The number of piperazine rings is 1. The Morgan fingerprint density at radius 2 is 1.79 bits per heavy atom. The first-order chi connectivity index (χ1) is 14.1. The number of fused-ring (bicyclic) bond motifs is 1. The molecule has 0 bridgehead atoms. The number of halogens is 1. The molecule has 0 unspecified atom stereocenters. The molecule has 29 heavy (non-hydrogen) atoms. The van der Waals surface area contributed by atoms with Crippen molar-refractivity contribution in [1.82, 2.24) is 9.80 Å². The molecule has 1 saturated heterocycles. The number of hydrogen-bond acceptors (Lipinski definition) is 6. The zero-order valence-corrected chi connectivity index (χ0v) is 17.0. The summed E-state index contributed by atoms with van der Waals surface area (Å²) in [4.78, 5) is 17.0. The van der Waals surface area contributed by atoms with Crippen LogP contribution in [-0.4, -0.2) is 68.9 Å². The number of methoxy groups -OCH3 is 1. The predicted octanol–water partition coefficient (Wildman–Crippen LogP) is 2.91. The van der Waals surface area contributed by atoms with Gasteiger partial charge in [-0.05, 0) is 36.4 Å². The number of hydrogen-bond donors (Lipinski definition) is 0. The maximum atomic E-state index is 12.8. The van der Waals surface area contributed by atoms with E-state index in [4.69, 9.17) is 30.5 Å². The first-order valence-electron chi connectivity index (χ1n) is 9.51. The van der Waals surface area contributed by atoms with Crippen LogP contribution in [0.5, 0.6) is 23.0 Å². The molecule has 0 aliphatic carbocycles. The monoisotopic (exact) mass is 418 g/mol. The van der Waals surface area contributed by atoms with Gasteiger partial charge in [0.2, 0.25) is 6.79 Å². The lowest BCUT2D eigenvalue weighted by Crippen LogP contribution is -2.49. The smallest absolute Gasteiger partial charge is 0.254 e. The molecule has 1 amide bonds. The second kappa shape index (κ2) is 8.80. The van der Waals surface area contributed by atoms with E-state index in [9.17, 15) is 4.79 Å². The second-order valence-electron chi connectivity index (χ2n) is 6.85. The third kappa shape index (κ3) is 4.52. The van der Waals surface area contributed by atoms with Crippen molar-refractivity contribution in [3.63, 3.8) is 0 Å². The second-order valence-corrected chi connectivity index (χ2v) is 7.26. The molecule has 154 valence electrons. The zero-order chi connectivity index (χ0) is 20.2. The number of nitrogens with zero attached hydrogens (tertiary/aromatic N) is 2. The molecule has 0 saturated carbocycles. The lowest BCUT2D eigenvalue weighted by molar-refractivity contribution is 0.0620. The lowest BCUT2D eigenvalue weighted by atomic mass is 10.1. The summed E-state index contributed by atoms with van der Waals surface area (Å²) >= 11 is 6.20. The Labute approximate surface area is 174 Å². The fourth-order valence-electron chi connectivity index (χ4n) is 3.41. The topological polar surface area (TPSA) is 60.5 Å².